The second-order valence-electron chi connectivity index (χ2n) is 7.58. The van der Waals surface area contributed by atoms with Gasteiger partial charge in [-0.1, -0.05) is 43.2 Å². The number of rotatable bonds is 4. The van der Waals surface area contributed by atoms with Gasteiger partial charge in [-0.2, -0.15) is 0 Å². The highest BCUT2D eigenvalue weighted by molar-refractivity contribution is 5.77. The molecule has 24 heavy (non-hydrogen) atoms. The summed E-state index contributed by atoms with van der Waals surface area (Å²) >= 11 is 0. The standard InChI is InChI=1S/C20H30N2O2/c1-17-9-12-21(19(23)15-20(24)10-5-6-11-20)13-14-22(17)16-18-7-3-2-4-8-18/h2-4,7-8,17,24H,5-6,9-16H2,1H3. The Labute approximate surface area is 145 Å². The van der Waals surface area contributed by atoms with Gasteiger partial charge in [0.1, 0.15) is 0 Å². The molecule has 0 spiro atoms. The second-order valence-corrected chi connectivity index (χ2v) is 7.58. The second kappa shape index (κ2) is 7.66. The fourth-order valence-corrected chi connectivity index (χ4v) is 4.01. The Morgan fingerprint density at radius 3 is 2.58 bits per heavy atom. The smallest absolute Gasteiger partial charge is 0.225 e. The predicted octanol–water partition coefficient (Wildman–Crippen LogP) is 2.80. The van der Waals surface area contributed by atoms with Crippen LogP contribution in [0.25, 0.3) is 0 Å². The number of carbonyl (C=O) groups excluding carboxylic acids is 1. The number of nitrogens with zero attached hydrogens (tertiary/aromatic N) is 2. The lowest BCUT2D eigenvalue weighted by Gasteiger charge is -2.27. The van der Waals surface area contributed by atoms with Gasteiger partial charge in [-0.15, -0.1) is 0 Å². The molecule has 0 bridgehead atoms. The molecule has 1 aliphatic heterocycles. The molecule has 1 aliphatic carbocycles. The molecule has 1 unspecified atom stereocenters. The van der Waals surface area contributed by atoms with Crippen LogP contribution in [-0.2, 0) is 11.3 Å². The van der Waals surface area contributed by atoms with Gasteiger partial charge in [0.2, 0.25) is 5.91 Å². The van der Waals surface area contributed by atoms with Crippen LogP contribution < -0.4 is 0 Å². The lowest BCUT2D eigenvalue weighted by Crippen LogP contribution is -2.40. The Bertz CT molecular complexity index is 540. The normalized spacial score (nSPS) is 24.8. The zero-order valence-corrected chi connectivity index (χ0v) is 14.8. The lowest BCUT2D eigenvalue weighted by molar-refractivity contribution is -0.136. The van der Waals surface area contributed by atoms with E-state index in [1.54, 1.807) is 0 Å². The summed E-state index contributed by atoms with van der Waals surface area (Å²) in [5, 5.41) is 10.5. The Morgan fingerprint density at radius 1 is 1.17 bits per heavy atom. The van der Waals surface area contributed by atoms with Gasteiger partial charge in [-0.3, -0.25) is 9.69 Å². The molecule has 1 aromatic carbocycles. The van der Waals surface area contributed by atoms with E-state index in [0.29, 0.717) is 12.5 Å². The first-order valence-electron chi connectivity index (χ1n) is 9.34. The van der Waals surface area contributed by atoms with E-state index in [1.807, 2.05) is 11.0 Å². The minimum absolute atomic E-state index is 0.133. The van der Waals surface area contributed by atoms with E-state index in [9.17, 15) is 9.90 Å². The molecular weight excluding hydrogens is 300 g/mol. The maximum absolute atomic E-state index is 12.6. The molecule has 1 saturated carbocycles. The Hall–Kier alpha value is -1.39. The van der Waals surface area contributed by atoms with E-state index < -0.39 is 5.60 Å². The third-order valence-electron chi connectivity index (χ3n) is 5.69. The molecule has 1 amide bonds. The summed E-state index contributed by atoms with van der Waals surface area (Å²) in [5.74, 6) is 0.133. The van der Waals surface area contributed by atoms with E-state index >= 15 is 0 Å². The molecule has 4 heteroatoms. The number of carbonyl (C=O) groups is 1. The summed E-state index contributed by atoms with van der Waals surface area (Å²) in [5.41, 5.74) is 0.586. The molecule has 2 aliphatic rings. The molecule has 1 heterocycles. The van der Waals surface area contributed by atoms with Crippen molar-refractivity contribution in [2.24, 2.45) is 0 Å². The topological polar surface area (TPSA) is 43.8 Å². The molecule has 0 radical (unpaired) electrons. The van der Waals surface area contributed by atoms with E-state index in [4.69, 9.17) is 0 Å². The first kappa shape index (κ1) is 17.4. The maximum atomic E-state index is 12.6. The first-order chi connectivity index (χ1) is 11.6. The quantitative estimate of drug-likeness (QED) is 0.923. The van der Waals surface area contributed by atoms with Crippen LogP contribution in [0.15, 0.2) is 30.3 Å². The highest BCUT2D eigenvalue weighted by atomic mass is 16.3. The SMILES string of the molecule is CC1CCN(C(=O)CC2(O)CCCC2)CCN1Cc1ccccc1. The van der Waals surface area contributed by atoms with Crippen molar-refractivity contribution in [3.63, 3.8) is 0 Å². The van der Waals surface area contributed by atoms with Crippen LogP contribution in [0.3, 0.4) is 0 Å². The van der Waals surface area contributed by atoms with E-state index in [2.05, 4.69) is 36.1 Å². The highest BCUT2D eigenvalue weighted by Gasteiger charge is 2.35. The van der Waals surface area contributed by atoms with Crippen LogP contribution >= 0.6 is 0 Å². The summed E-state index contributed by atoms with van der Waals surface area (Å²) in [7, 11) is 0. The number of aliphatic hydroxyl groups is 1. The molecule has 4 nitrogen and oxygen atoms in total. The van der Waals surface area contributed by atoms with E-state index in [0.717, 1.165) is 58.3 Å². The van der Waals surface area contributed by atoms with E-state index in [-0.39, 0.29) is 5.91 Å². The minimum atomic E-state index is -0.737. The van der Waals surface area contributed by atoms with Gasteiger partial charge in [0.05, 0.1) is 12.0 Å². The average Bonchev–Trinajstić information content (AvgIpc) is 2.91. The Balaban J connectivity index is 1.56. The van der Waals surface area contributed by atoms with Gasteiger partial charge in [0.25, 0.3) is 0 Å². The number of hydrogen-bond donors (Lipinski definition) is 1. The monoisotopic (exact) mass is 330 g/mol. The van der Waals surface area contributed by atoms with Crippen molar-refractivity contribution < 1.29 is 9.90 Å². The minimum Gasteiger partial charge on any atom is -0.389 e. The van der Waals surface area contributed by atoms with Crippen LogP contribution in [0.1, 0.15) is 51.0 Å². The van der Waals surface area contributed by atoms with Crippen molar-refractivity contribution in [2.75, 3.05) is 19.6 Å². The summed E-state index contributed by atoms with van der Waals surface area (Å²) < 4.78 is 0. The van der Waals surface area contributed by atoms with Crippen LogP contribution in [0, 0.1) is 0 Å². The van der Waals surface area contributed by atoms with Crippen LogP contribution in [-0.4, -0.2) is 52.1 Å². The fourth-order valence-electron chi connectivity index (χ4n) is 4.01. The predicted molar refractivity (Wildman–Crippen MR) is 95.5 cm³/mol. The summed E-state index contributed by atoms with van der Waals surface area (Å²) in [6, 6.07) is 11.0. The number of benzene rings is 1. The van der Waals surface area contributed by atoms with Crippen molar-refractivity contribution in [3.05, 3.63) is 35.9 Å². The first-order valence-corrected chi connectivity index (χ1v) is 9.34. The van der Waals surface area contributed by atoms with Crippen LogP contribution in [0.2, 0.25) is 0 Å². The van der Waals surface area contributed by atoms with Crippen molar-refractivity contribution in [1.29, 1.82) is 0 Å². The van der Waals surface area contributed by atoms with Crippen molar-refractivity contribution in [2.45, 2.75) is 63.6 Å². The number of hydrogen-bond acceptors (Lipinski definition) is 3. The largest absolute Gasteiger partial charge is 0.389 e. The summed E-state index contributed by atoms with van der Waals surface area (Å²) in [6.07, 6.45) is 4.96. The lowest BCUT2D eigenvalue weighted by atomic mass is 9.97. The molecule has 3 rings (SSSR count). The molecular formula is C20H30N2O2. The maximum Gasteiger partial charge on any atom is 0.225 e. The molecule has 1 N–H and O–H groups in total. The molecule has 1 aromatic rings. The summed E-state index contributed by atoms with van der Waals surface area (Å²) in [4.78, 5) is 17.1. The molecule has 132 valence electrons. The Morgan fingerprint density at radius 2 is 1.88 bits per heavy atom. The van der Waals surface area contributed by atoms with Gasteiger partial charge < -0.3 is 10.0 Å². The zero-order chi connectivity index (χ0) is 17.0. The van der Waals surface area contributed by atoms with Crippen molar-refractivity contribution >= 4 is 5.91 Å². The van der Waals surface area contributed by atoms with Gasteiger partial charge in [0.15, 0.2) is 0 Å². The molecule has 2 fully saturated rings. The van der Waals surface area contributed by atoms with Crippen molar-refractivity contribution in [1.82, 2.24) is 9.80 Å². The highest BCUT2D eigenvalue weighted by Crippen LogP contribution is 2.33. The van der Waals surface area contributed by atoms with Crippen molar-refractivity contribution in [3.8, 4) is 0 Å². The number of amides is 1. The Kier molecular flexibility index (Phi) is 5.57. The van der Waals surface area contributed by atoms with Gasteiger partial charge in [-0.05, 0) is 31.7 Å². The third-order valence-corrected chi connectivity index (χ3v) is 5.69. The van der Waals surface area contributed by atoms with E-state index in [1.165, 1.54) is 5.56 Å². The fraction of sp³-hybridized carbons (Fsp3) is 0.650. The average molecular weight is 330 g/mol. The van der Waals surface area contributed by atoms with Crippen LogP contribution in [0.5, 0.6) is 0 Å². The van der Waals surface area contributed by atoms with Crippen LogP contribution in [0.4, 0.5) is 0 Å². The molecule has 1 atom stereocenters. The molecule has 0 aromatic heterocycles. The van der Waals surface area contributed by atoms with Gasteiger partial charge in [0, 0.05) is 32.2 Å². The zero-order valence-electron chi connectivity index (χ0n) is 14.8. The van der Waals surface area contributed by atoms with Gasteiger partial charge in [-0.25, -0.2) is 0 Å². The third kappa shape index (κ3) is 4.37. The molecule has 1 saturated heterocycles. The van der Waals surface area contributed by atoms with Gasteiger partial charge >= 0.3 is 0 Å². The summed E-state index contributed by atoms with van der Waals surface area (Å²) in [6.45, 7) is 5.67.